The highest BCUT2D eigenvalue weighted by molar-refractivity contribution is 5.24. The zero-order chi connectivity index (χ0) is 15.6. The summed E-state index contributed by atoms with van der Waals surface area (Å²) in [4.78, 5) is 0. The monoisotopic (exact) mass is 294 g/mol. The van der Waals surface area contributed by atoms with Crippen LogP contribution in [0.1, 0.15) is 83.6 Å². The van der Waals surface area contributed by atoms with Gasteiger partial charge in [0.15, 0.2) is 0 Å². The van der Waals surface area contributed by atoms with Gasteiger partial charge in [0.2, 0.25) is 0 Å². The van der Waals surface area contributed by atoms with Crippen LogP contribution in [0.4, 0.5) is 4.39 Å². The lowest BCUT2D eigenvalue weighted by Crippen LogP contribution is -2.26. The first kappa shape index (κ1) is 18.2. The quantitative estimate of drug-likeness (QED) is 0.500. The summed E-state index contributed by atoms with van der Waals surface area (Å²) in [5.74, 6) is -0.290. The van der Waals surface area contributed by atoms with Crippen molar-refractivity contribution >= 4 is 0 Å². The molecule has 1 rings (SSSR count). The van der Waals surface area contributed by atoms with Gasteiger partial charge in [-0.3, -0.25) is 0 Å². The topological polar surface area (TPSA) is 20.2 Å². The van der Waals surface area contributed by atoms with Crippen molar-refractivity contribution in [2.45, 2.75) is 83.7 Å². The Labute approximate surface area is 129 Å². The molecule has 0 heterocycles. The van der Waals surface area contributed by atoms with Crippen molar-refractivity contribution in [3.8, 4) is 0 Å². The van der Waals surface area contributed by atoms with Gasteiger partial charge in [0.25, 0.3) is 0 Å². The van der Waals surface area contributed by atoms with E-state index >= 15 is 0 Å². The molecule has 21 heavy (non-hydrogen) atoms. The average Bonchev–Trinajstić information content (AvgIpc) is 2.50. The molecule has 0 aromatic heterocycles. The van der Waals surface area contributed by atoms with Crippen LogP contribution in [0.5, 0.6) is 0 Å². The Morgan fingerprint density at radius 1 is 0.905 bits per heavy atom. The molecule has 0 spiro atoms. The Bertz CT molecular complexity index is 391. The molecule has 1 aromatic carbocycles. The van der Waals surface area contributed by atoms with Crippen LogP contribution >= 0.6 is 0 Å². The number of hydrogen-bond acceptors (Lipinski definition) is 1. The molecule has 0 radical (unpaired) electrons. The van der Waals surface area contributed by atoms with Crippen molar-refractivity contribution in [2.24, 2.45) is 0 Å². The predicted octanol–water partition coefficient (Wildman–Crippen LogP) is 5.95. The van der Waals surface area contributed by atoms with Gasteiger partial charge in [0, 0.05) is 5.56 Å². The van der Waals surface area contributed by atoms with Crippen molar-refractivity contribution in [1.29, 1.82) is 0 Å². The average molecular weight is 294 g/mol. The van der Waals surface area contributed by atoms with Crippen molar-refractivity contribution in [3.05, 3.63) is 35.6 Å². The van der Waals surface area contributed by atoms with Crippen molar-refractivity contribution in [2.75, 3.05) is 0 Å². The van der Waals surface area contributed by atoms with E-state index in [1.165, 1.54) is 44.6 Å². The minimum atomic E-state index is -1.01. The minimum absolute atomic E-state index is 0.290. The highest BCUT2D eigenvalue weighted by atomic mass is 19.1. The maximum absolute atomic E-state index is 13.9. The van der Waals surface area contributed by atoms with E-state index in [2.05, 4.69) is 6.92 Å². The fourth-order valence-electron chi connectivity index (χ4n) is 2.89. The fraction of sp³-hybridized carbons (Fsp3) is 0.684. The first-order valence-corrected chi connectivity index (χ1v) is 8.61. The molecule has 0 fully saturated rings. The molecule has 1 aromatic rings. The maximum atomic E-state index is 13.9. The zero-order valence-electron chi connectivity index (χ0n) is 13.7. The molecule has 2 heteroatoms. The highest BCUT2D eigenvalue weighted by Crippen LogP contribution is 2.32. The van der Waals surface area contributed by atoms with Crippen LogP contribution in [0.25, 0.3) is 0 Å². The van der Waals surface area contributed by atoms with E-state index in [1.807, 2.05) is 6.92 Å². The highest BCUT2D eigenvalue weighted by Gasteiger charge is 2.29. The lowest BCUT2D eigenvalue weighted by molar-refractivity contribution is 0.0173. The van der Waals surface area contributed by atoms with Gasteiger partial charge in [0.05, 0.1) is 5.60 Å². The number of benzene rings is 1. The molecule has 0 aliphatic rings. The standard InChI is InChI=1S/C19H31FO/c1-3-5-6-7-8-9-10-13-16-19(21,4-2)17-14-11-12-15-18(17)20/h11-12,14-15,21H,3-10,13,16H2,1-2H3. The molecular formula is C19H31FO. The van der Waals surface area contributed by atoms with Crippen LogP contribution in [0.15, 0.2) is 24.3 Å². The molecule has 1 N–H and O–H groups in total. The third-order valence-electron chi connectivity index (χ3n) is 4.40. The largest absolute Gasteiger partial charge is 0.385 e. The smallest absolute Gasteiger partial charge is 0.129 e. The molecule has 1 atom stereocenters. The SMILES string of the molecule is CCCCCCCCCCC(O)(CC)c1ccccc1F. The van der Waals surface area contributed by atoms with Crippen molar-refractivity contribution in [3.63, 3.8) is 0 Å². The van der Waals surface area contributed by atoms with E-state index in [0.29, 0.717) is 18.4 Å². The van der Waals surface area contributed by atoms with E-state index in [1.54, 1.807) is 18.2 Å². The second-order valence-corrected chi connectivity index (χ2v) is 6.09. The first-order chi connectivity index (χ1) is 10.1. The Kier molecular flexibility index (Phi) is 8.60. The molecule has 120 valence electrons. The van der Waals surface area contributed by atoms with Crippen LogP contribution in [0, 0.1) is 5.82 Å². The van der Waals surface area contributed by atoms with Gasteiger partial charge in [-0.25, -0.2) is 4.39 Å². The van der Waals surface area contributed by atoms with Gasteiger partial charge in [-0.2, -0.15) is 0 Å². The van der Waals surface area contributed by atoms with E-state index in [-0.39, 0.29) is 5.82 Å². The van der Waals surface area contributed by atoms with E-state index in [9.17, 15) is 9.50 Å². The molecule has 1 nitrogen and oxygen atoms in total. The number of aliphatic hydroxyl groups is 1. The predicted molar refractivity (Wildman–Crippen MR) is 87.8 cm³/mol. The Morgan fingerprint density at radius 3 is 2.05 bits per heavy atom. The molecule has 0 bridgehead atoms. The van der Waals surface area contributed by atoms with Gasteiger partial charge in [0.1, 0.15) is 5.82 Å². The van der Waals surface area contributed by atoms with Gasteiger partial charge >= 0.3 is 0 Å². The molecular weight excluding hydrogens is 263 g/mol. The zero-order valence-corrected chi connectivity index (χ0v) is 13.7. The van der Waals surface area contributed by atoms with E-state index in [4.69, 9.17) is 0 Å². The summed E-state index contributed by atoms with van der Waals surface area (Å²) in [5, 5.41) is 10.7. The van der Waals surface area contributed by atoms with Crippen LogP contribution in [0.2, 0.25) is 0 Å². The second kappa shape index (κ2) is 9.94. The third kappa shape index (κ3) is 6.17. The fourth-order valence-corrected chi connectivity index (χ4v) is 2.89. The lowest BCUT2D eigenvalue weighted by Gasteiger charge is -2.27. The molecule has 0 saturated carbocycles. The summed E-state index contributed by atoms with van der Waals surface area (Å²) in [6.07, 6.45) is 11.1. The van der Waals surface area contributed by atoms with Crippen LogP contribution in [0.3, 0.4) is 0 Å². The van der Waals surface area contributed by atoms with Gasteiger partial charge in [-0.1, -0.05) is 83.4 Å². The molecule has 1 unspecified atom stereocenters. The van der Waals surface area contributed by atoms with Crippen LogP contribution in [-0.4, -0.2) is 5.11 Å². The van der Waals surface area contributed by atoms with Gasteiger partial charge in [-0.15, -0.1) is 0 Å². The Morgan fingerprint density at radius 2 is 1.48 bits per heavy atom. The molecule has 0 aliphatic heterocycles. The summed E-state index contributed by atoms with van der Waals surface area (Å²) in [5.41, 5.74) is -0.552. The number of unbranched alkanes of at least 4 members (excludes halogenated alkanes) is 7. The van der Waals surface area contributed by atoms with Crippen LogP contribution in [-0.2, 0) is 5.60 Å². The Hall–Kier alpha value is -0.890. The molecule has 0 saturated heterocycles. The number of hydrogen-bond donors (Lipinski definition) is 1. The summed E-state index contributed by atoms with van der Waals surface area (Å²) in [6.45, 7) is 4.16. The normalized spacial score (nSPS) is 14.1. The van der Waals surface area contributed by atoms with Crippen molar-refractivity contribution in [1.82, 2.24) is 0 Å². The minimum Gasteiger partial charge on any atom is -0.385 e. The van der Waals surface area contributed by atoms with Crippen LogP contribution < -0.4 is 0 Å². The first-order valence-electron chi connectivity index (χ1n) is 8.61. The van der Waals surface area contributed by atoms with E-state index in [0.717, 1.165) is 12.8 Å². The lowest BCUT2D eigenvalue weighted by atomic mass is 9.85. The molecule has 0 amide bonds. The van der Waals surface area contributed by atoms with Gasteiger partial charge < -0.3 is 5.11 Å². The maximum Gasteiger partial charge on any atom is 0.129 e. The summed E-state index contributed by atoms with van der Waals surface area (Å²) < 4.78 is 13.9. The summed E-state index contributed by atoms with van der Waals surface area (Å²) in [7, 11) is 0. The summed E-state index contributed by atoms with van der Waals surface area (Å²) in [6, 6.07) is 6.62. The Balaban J connectivity index is 2.32. The van der Waals surface area contributed by atoms with Gasteiger partial charge in [-0.05, 0) is 18.9 Å². The number of rotatable bonds is 11. The van der Waals surface area contributed by atoms with Crippen molar-refractivity contribution < 1.29 is 9.50 Å². The third-order valence-corrected chi connectivity index (χ3v) is 4.40. The number of halogens is 1. The van der Waals surface area contributed by atoms with E-state index < -0.39 is 5.60 Å². The summed E-state index contributed by atoms with van der Waals surface area (Å²) >= 11 is 0. The molecule has 0 aliphatic carbocycles. The second-order valence-electron chi connectivity index (χ2n) is 6.09.